The number of benzene rings is 2. The minimum atomic E-state index is -2.60. The Labute approximate surface area is 238 Å². The molecule has 1 saturated heterocycles. The van der Waals surface area contributed by atoms with Crippen molar-refractivity contribution in [2.45, 2.75) is 4.90 Å². The Bertz CT molecular complexity index is 1450. The van der Waals surface area contributed by atoms with Crippen molar-refractivity contribution in [2.24, 2.45) is 4.36 Å². The molecule has 2 N–H and O–H groups in total. The molecule has 4 rings (SSSR count). The molecule has 2 amide bonds. The van der Waals surface area contributed by atoms with Crippen LogP contribution in [0.25, 0.3) is 0 Å². The van der Waals surface area contributed by atoms with Gasteiger partial charge in [-0.15, -0.1) is 0 Å². The highest BCUT2D eigenvalue weighted by molar-refractivity contribution is 7.93. The predicted molar refractivity (Wildman–Crippen MR) is 157 cm³/mol. The summed E-state index contributed by atoms with van der Waals surface area (Å²) in [6, 6.07) is 14.2. The van der Waals surface area contributed by atoms with Gasteiger partial charge in [0.05, 0.1) is 32.5 Å². The van der Waals surface area contributed by atoms with Crippen molar-refractivity contribution < 1.29 is 13.8 Å². The van der Waals surface area contributed by atoms with Gasteiger partial charge in [0.1, 0.15) is 5.82 Å². The Kier molecular flexibility index (Phi) is 9.58. The van der Waals surface area contributed by atoms with Gasteiger partial charge in [-0.2, -0.15) is 0 Å². The predicted octanol–water partition coefficient (Wildman–Crippen LogP) is 4.60. The van der Waals surface area contributed by atoms with E-state index in [1.165, 1.54) is 12.3 Å². The van der Waals surface area contributed by atoms with Crippen LogP contribution in [0.5, 0.6) is 0 Å². The van der Waals surface area contributed by atoms with Crippen molar-refractivity contribution >= 4 is 56.3 Å². The number of rotatable bonds is 8. The molecule has 39 heavy (non-hydrogen) atoms. The lowest BCUT2D eigenvalue weighted by molar-refractivity contribution is 0.102. The van der Waals surface area contributed by atoms with E-state index in [0.717, 1.165) is 32.7 Å². The number of amides is 2. The number of nitrogens with one attached hydrogen (secondary N) is 2. The van der Waals surface area contributed by atoms with E-state index in [9.17, 15) is 13.8 Å². The number of carbonyl (C=O) groups is 2. The molecule has 12 heteroatoms. The molecule has 1 atom stereocenters. The van der Waals surface area contributed by atoms with Crippen molar-refractivity contribution in [3.8, 4) is 0 Å². The second-order valence-corrected chi connectivity index (χ2v) is 12.5. The average Bonchev–Trinajstić information content (AvgIpc) is 2.92. The van der Waals surface area contributed by atoms with Crippen LogP contribution in [0, 0.1) is 0 Å². The molecule has 3 aromatic rings. The van der Waals surface area contributed by atoms with Crippen LogP contribution in [0.3, 0.4) is 0 Å². The number of nitrogens with zero attached hydrogens (tertiary/aromatic N) is 4. The van der Waals surface area contributed by atoms with Gasteiger partial charge < -0.3 is 15.5 Å². The van der Waals surface area contributed by atoms with E-state index in [4.69, 9.17) is 23.2 Å². The average molecular weight is 590 g/mol. The van der Waals surface area contributed by atoms with Crippen LogP contribution < -0.4 is 10.6 Å². The number of hydrogen-bond donors (Lipinski definition) is 2. The van der Waals surface area contributed by atoms with Crippen LogP contribution in [0.4, 0.5) is 11.5 Å². The van der Waals surface area contributed by atoms with Crippen LogP contribution >= 0.6 is 23.2 Å². The van der Waals surface area contributed by atoms with Crippen LogP contribution in [-0.4, -0.2) is 83.4 Å². The fourth-order valence-corrected chi connectivity index (χ4v) is 5.51. The number of anilines is 2. The van der Waals surface area contributed by atoms with E-state index in [1.54, 1.807) is 54.8 Å². The molecular weight excluding hydrogens is 559 g/mol. The van der Waals surface area contributed by atoms with Gasteiger partial charge in [0.15, 0.2) is 0 Å². The zero-order chi connectivity index (χ0) is 28.0. The van der Waals surface area contributed by atoms with Crippen LogP contribution in [0.1, 0.15) is 20.7 Å². The second-order valence-electron chi connectivity index (χ2n) is 9.28. The Morgan fingerprint density at radius 2 is 1.64 bits per heavy atom. The first-order chi connectivity index (χ1) is 18.6. The van der Waals surface area contributed by atoms with E-state index < -0.39 is 21.5 Å². The lowest BCUT2D eigenvalue weighted by atomic mass is 10.1. The molecule has 0 bridgehead atoms. The minimum Gasteiger partial charge on any atom is -0.321 e. The molecule has 9 nitrogen and oxygen atoms in total. The van der Waals surface area contributed by atoms with Gasteiger partial charge in [0.2, 0.25) is 0 Å². The topological polar surface area (TPSA) is 107 Å². The number of pyridine rings is 1. The van der Waals surface area contributed by atoms with Crippen molar-refractivity contribution in [3.05, 3.63) is 82.0 Å². The standard InChI is InChI=1S/C27H30Cl2N6O3S/c1-34-13-15-35(16-14-34)12-11-31-39(2,38)22-7-3-19(4-8-22)26(36)32-24-9-5-20(28)17-23(24)27(37)33-25-10-6-21(29)18-30-25/h3-10,17-18H,11-16H2,1-2H3,(H,32,36)(H,30,33,37). The molecule has 0 aliphatic carbocycles. The number of piperazine rings is 1. The summed E-state index contributed by atoms with van der Waals surface area (Å²) in [5, 5.41) is 6.19. The lowest BCUT2D eigenvalue weighted by Crippen LogP contribution is -2.45. The normalized spacial score (nSPS) is 15.8. The Balaban J connectivity index is 1.42. The second kappa shape index (κ2) is 12.9. The molecule has 0 radical (unpaired) electrons. The van der Waals surface area contributed by atoms with Gasteiger partial charge in [-0.25, -0.2) is 13.6 Å². The smallest absolute Gasteiger partial charge is 0.258 e. The van der Waals surface area contributed by atoms with Crippen LogP contribution in [0.2, 0.25) is 10.0 Å². The highest BCUT2D eigenvalue weighted by Gasteiger charge is 2.17. The molecule has 0 spiro atoms. The van der Waals surface area contributed by atoms with Gasteiger partial charge in [-0.3, -0.25) is 14.5 Å². The van der Waals surface area contributed by atoms with Crippen molar-refractivity contribution in [3.63, 3.8) is 0 Å². The largest absolute Gasteiger partial charge is 0.321 e. The number of likely N-dealkylation sites (N-methyl/N-ethyl adjacent to an activating group) is 1. The molecule has 1 unspecified atom stereocenters. The number of aromatic nitrogens is 1. The highest BCUT2D eigenvalue weighted by atomic mass is 35.5. The van der Waals surface area contributed by atoms with Crippen LogP contribution in [0.15, 0.2) is 70.1 Å². The van der Waals surface area contributed by atoms with Crippen molar-refractivity contribution in [1.82, 2.24) is 14.8 Å². The molecule has 2 heterocycles. The third-order valence-electron chi connectivity index (χ3n) is 6.35. The zero-order valence-electron chi connectivity index (χ0n) is 21.7. The third kappa shape index (κ3) is 8.00. The maximum Gasteiger partial charge on any atom is 0.258 e. The molecule has 1 fully saturated rings. The maximum atomic E-state index is 13.2. The van der Waals surface area contributed by atoms with Gasteiger partial charge in [0, 0.05) is 60.7 Å². The van der Waals surface area contributed by atoms with Crippen molar-refractivity contribution in [1.29, 1.82) is 0 Å². The van der Waals surface area contributed by atoms with E-state index in [-0.39, 0.29) is 11.3 Å². The summed E-state index contributed by atoms with van der Waals surface area (Å²) < 4.78 is 17.7. The zero-order valence-corrected chi connectivity index (χ0v) is 24.0. The quantitative estimate of drug-likeness (QED) is 0.398. The van der Waals surface area contributed by atoms with Crippen molar-refractivity contribution in [2.75, 3.05) is 63.2 Å². The fourth-order valence-electron chi connectivity index (χ4n) is 4.00. The Morgan fingerprint density at radius 3 is 2.31 bits per heavy atom. The summed E-state index contributed by atoms with van der Waals surface area (Å²) in [5.41, 5.74) is 0.783. The SMILES string of the molecule is CN1CCN(CCN=S(C)(=O)c2ccc(C(=O)Nc3ccc(Cl)cc3C(=O)Nc3ccc(Cl)cn3)cc2)CC1. The summed E-state index contributed by atoms with van der Waals surface area (Å²) >= 11 is 12.0. The monoisotopic (exact) mass is 588 g/mol. The van der Waals surface area contributed by atoms with Crippen LogP contribution in [-0.2, 0) is 9.73 Å². The maximum absolute atomic E-state index is 13.2. The fraction of sp³-hybridized carbons (Fsp3) is 0.296. The molecule has 2 aromatic carbocycles. The minimum absolute atomic E-state index is 0.167. The number of hydrogen-bond acceptors (Lipinski definition) is 7. The summed E-state index contributed by atoms with van der Waals surface area (Å²) in [7, 11) is -0.497. The summed E-state index contributed by atoms with van der Waals surface area (Å²) in [5.74, 6) is -0.631. The molecule has 206 valence electrons. The number of halogens is 2. The Hall–Kier alpha value is -3.02. The van der Waals surface area contributed by atoms with E-state index >= 15 is 0 Å². The van der Waals surface area contributed by atoms with Gasteiger partial charge in [-0.1, -0.05) is 23.2 Å². The van der Waals surface area contributed by atoms with E-state index in [0.29, 0.717) is 32.9 Å². The van der Waals surface area contributed by atoms with Gasteiger partial charge in [0.25, 0.3) is 11.8 Å². The summed E-state index contributed by atoms with van der Waals surface area (Å²) in [6.45, 7) is 5.25. The summed E-state index contributed by atoms with van der Waals surface area (Å²) in [4.78, 5) is 35.1. The molecule has 0 saturated carbocycles. The molecule has 1 aromatic heterocycles. The third-order valence-corrected chi connectivity index (χ3v) is 8.63. The highest BCUT2D eigenvalue weighted by Crippen LogP contribution is 2.23. The van der Waals surface area contributed by atoms with E-state index in [2.05, 4.69) is 36.8 Å². The first-order valence-corrected chi connectivity index (χ1v) is 15.0. The first kappa shape index (κ1) is 29.0. The van der Waals surface area contributed by atoms with Gasteiger partial charge >= 0.3 is 0 Å². The lowest BCUT2D eigenvalue weighted by Gasteiger charge is -2.31. The Morgan fingerprint density at radius 1 is 0.949 bits per heavy atom. The molecule has 1 aliphatic rings. The molecular formula is C27H30Cl2N6O3S. The number of carbonyl (C=O) groups excluding carboxylic acids is 2. The summed E-state index contributed by atoms with van der Waals surface area (Å²) in [6.07, 6.45) is 3.02. The van der Waals surface area contributed by atoms with E-state index in [1.807, 2.05) is 0 Å². The first-order valence-electron chi connectivity index (χ1n) is 12.3. The van der Waals surface area contributed by atoms with Gasteiger partial charge in [-0.05, 0) is 61.6 Å². The molecule has 1 aliphatic heterocycles.